The van der Waals surface area contributed by atoms with Gasteiger partial charge in [0, 0.05) is 48.3 Å². The minimum absolute atomic E-state index is 0.142. The van der Waals surface area contributed by atoms with E-state index in [1.807, 2.05) is 79.8 Å². The Bertz CT molecular complexity index is 1360. The number of hydrogen-bond acceptors (Lipinski definition) is 3. The quantitative estimate of drug-likeness (QED) is 0.399. The van der Waals surface area contributed by atoms with Crippen LogP contribution in [0.3, 0.4) is 0 Å². The molecule has 0 unspecified atom stereocenters. The van der Waals surface area contributed by atoms with Crippen LogP contribution in [0, 0.1) is 0 Å². The Morgan fingerprint density at radius 2 is 1.77 bits per heavy atom. The summed E-state index contributed by atoms with van der Waals surface area (Å²) >= 11 is 0. The summed E-state index contributed by atoms with van der Waals surface area (Å²) in [6.45, 7) is 0. The van der Waals surface area contributed by atoms with E-state index in [1.54, 1.807) is 0 Å². The molecule has 0 aliphatic rings. The minimum Gasteiger partial charge on any atom is -0.378 e. The Balaban J connectivity index is 1.40. The maximum Gasteiger partial charge on any atom is 0.255 e. The van der Waals surface area contributed by atoms with Crippen molar-refractivity contribution in [3.63, 3.8) is 0 Å². The van der Waals surface area contributed by atoms with Gasteiger partial charge < -0.3 is 20.2 Å². The number of H-pyrrole nitrogens is 2. The van der Waals surface area contributed by atoms with Gasteiger partial charge in [-0.05, 0) is 60.0 Å². The summed E-state index contributed by atoms with van der Waals surface area (Å²) < 4.78 is 0. The predicted octanol–water partition coefficient (Wildman–Crippen LogP) is 5.03. The van der Waals surface area contributed by atoms with E-state index < -0.39 is 0 Å². The van der Waals surface area contributed by atoms with E-state index >= 15 is 0 Å². The molecule has 5 aromatic rings. The smallest absolute Gasteiger partial charge is 0.255 e. The maximum absolute atomic E-state index is 12.6. The fourth-order valence-corrected chi connectivity index (χ4v) is 3.53. The first kappa shape index (κ1) is 18.0. The van der Waals surface area contributed by atoms with E-state index in [2.05, 4.69) is 27.4 Å². The first-order valence-electron chi connectivity index (χ1n) is 9.73. The molecular formula is C24H21N5O. The molecule has 0 fully saturated rings. The third kappa shape index (κ3) is 3.28. The Hall–Kier alpha value is -4.06. The SMILES string of the molecule is CN(C)c1ccc(C(=O)Nc2ccc3nc(-c4ccc5cc[nH]c5c4)[nH]c3c2)cc1. The molecular weight excluding hydrogens is 374 g/mol. The van der Waals surface area contributed by atoms with Crippen LogP contribution in [0.4, 0.5) is 11.4 Å². The lowest BCUT2D eigenvalue weighted by atomic mass is 10.1. The van der Waals surface area contributed by atoms with E-state index in [9.17, 15) is 4.79 Å². The van der Waals surface area contributed by atoms with Gasteiger partial charge in [0.1, 0.15) is 5.82 Å². The number of imidazole rings is 1. The fraction of sp³-hybridized carbons (Fsp3) is 0.0833. The average Bonchev–Trinajstić information content (AvgIpc) is 3.39. The van der Waals surface area contributed by atoms with E-state index in [4.69, 9.17) is 4.98 Å². The molecule has 6 heteroatoms. The Labute approximate surface area is 173 Å². The molecule has 0 aliphatic carbocycles. The van der Waals surface area contributed by atoms with Crippen LogP contribution in [-0.4, -0.2) is 35.0 Å². The van der Waals surface area contributed by atoms with E-state index in [0.717, 1.165) is 39.3 Å². The van der Waals surface area contributed by atoms with E-state index in [1.165, 1.54) is 5.39 Å². The largest absolute Gasteiger partial charge is 0.378 e. The summed E-state index contributed by atoms with van der Waals surface area (Å²) in [5.41, 5.74) is 6.19. The van der Waals surface area contributed by atoms with Crippen molar-refractivity contribution in [2.45, 2.75) is 0 Å². The lowest BCUT2D eigenvalue weighted by Crippen LogP contribution is -2.13. The van der Waals surface area contributed by atoms with Gasteiger partial charge in [-0.2, -0.15) is 0 Å². The van der Waals surface area contributed by atoms with Crippen LogP contribution in [0.15, 0.2) is 72.9 Å². The van der Waals surface area contributed by atoms with E-state index in [-0.39, 0.29) is 5.91 Å². The summed E-state index contributed by atoms with van der Waals surface area (Å²) in [5.74, 6) is 0.654. The summed E-state index contributed by atoms with van der Waals surface area (Å²) in [5, 5.41) is 4.13. The monoisotopic (exact) mass is 395 g/mol. The van der Waals surface area contributed by atoms with Crippen molar-refractivity contribution in [1.29, 1.82) is 0 Å². The molecule has 5 rings (SSSR count). The number of benzene rings is 3. The number of carbonyl (C=O) groups is 1. The number of nitrogens with zero attached hydrogens (tertiary/aromatic N) is 2. The van der Waals surface area contributed by atoms with E-state index in [0.29, 0.717) is 5.56 Å². The number of amides is 1. The highest BCUT2D eigenvalue weighted by molar-refractivity contribution is 6.05. The maximum atomic E-state index is 12.6. The molecule has 2 heterocycles. The Morgan fingerprint density at radius 3 is 2.57 bits per heavy atom. The first-order valence-corrected chi connectivity index (χ1v) is 9.73. The summed E-state index contributed by atoms with van der Waals surface area (Å²) in [6.07, 6.45) is 1.93. The zero-order valence-electron chi connectivity index (χ0n) is 16.7. The Kier molecular flexibility index (Phi) is 4.25. The number of aromatic nitrogens is 3. The molecule has 0 aliphatic heterocycles. The summed E-state index contributed by atoms with van der Waals surface area (Å²) in [4.78, 5) is 25.9. The van der Waals surface area contributed by atoms with Crippen LogP contribution in [-0.2, 0) is 0 Å². The third-order valence-electron chi connectivity index (χ3n) is 5.21. The van der Waals surface area contributed by atoms with Crippen molar-refractivity contribution in [3.05, 3.63) is 78.5 Å². The molecule has 3 N–H and O–H groups in total. The fourth-order valence-electron chi connectivity index (χ4n) is 3.53. The number of aromatic amines is 2. The van der Waals surface area contributed by atoms with Gasteiger partial charge in [-0.1, -0.05) is 12.1 Å². The van der Waals surface area contributed by atoms with Crippen molar-refractivity contribution < 1.29 is 4.79 Å². The Morgan fingerprint density at radius 1 is 0.933 bits per heavy atom. The second-order valence-electron chi connectivity index (χ2n) is 7.49. The van der Waals surface area contributed by atoms with Crippen LogP contribution in [0.1, 0.15) is 10.4 Å². The number of anilines is 2. The van der Waals surface area contributed by atoms with Gasteiger partial charge in [0.2, 0.25) is 0 Å². The van der Waals surface area contributed by atoms with Crippen LogP contribution >= 0.6 is 0 Å². The van der Waals surface area contributed by atoms with Crippen LogP contribution in [0.5, 0.6) is 0 Å². The number of nitrogens with one attached hydrogen (secondary N) is 3. The van der Waals surface area contributed by atoms with Gasteiger partial charge in [0.15, 0.2) is 0 Å². The average molecular weight is 395 g/mol. The summed E-state index contributed by atoms with van der Waals surface area (Å²) in [6, 6.07) is 21.4. The van der Waals surface area contributed by atoms with Gasteiger partial charge in [0.25, 0.3) is 5.91 Å². The molecule has 0 atom stereocenters. The lowest BCUT2D eigenvalue weighted by molar-refractivity contribution is 0.102. The van der Waals surface area contributed by atoms with Crippen LogP contribution < -0.4 is 10.2 Å². The molecule has 6 nitrogen and oxygen atoms in total. The van der Waals surface area contributed by atoms with Gasteiger partial charge >= 0.3 is 0 Å². The van der Waals surface area contributed by atoms with Gasteiger partial charge in [-0.3, -0.25) is 4.79 Å². The van der Waals surface area contributed by atoms with Crippen molar-refractivity contribution in [3.8, 4) is 11.4 Å². The molecule has 1 amide bonds. The number of fused-ring (bicyclic) bond motifs is 2. The lowest BCUT2D eigenvalue weighted by Gasteiger charge is -2.12. The molecule has 30 heavy (non-hydrogen) atoms. The zero-order valence-corrected chi connectivity index (χ0v) is 16.7. The van der Waals surface area contributed by atoms with Gasteiger partial charge in [-0.15, -0.1) is 0 Å². The number of hydrogen-bond donors (Lipinski definition) is 3. The van der Waals surface area contributed by atoms with Crippen LogP contribution in [0.2, 0.25) is 0 Å². The molecule has 0 bridgehead atoms. The normalized spacial score (nSPS) is 11.1. The first-order chi connectivity index (χ1) is 14.6. The second kappa shape index (κ2) is 7.08. The molecule has 0 saturated heterocycles. The van der Waals surface area contributed by atoms with Crippen molar-refractivity contribution in [2.75, 3.05) is 24.3 Å². The topological polar surface area (TPSA) is 76.8 Å². The second-order valence-corrected chi connectivity index (χ2v) is 7.49. The van der Waals surface area contributed by atoms with Crippen molar-refractivity contribution in [1.82, 2.24) is 15.0 Å². The molecule has 2 aromatic heterocycles. The molecule has 0 spiro atoms. The molecule has 3 aromatic carbocycles. The van der Waals surface area contributed by atoms with Gasteiger partial charge in [0.05, 0.1) is 11.0 Å². The highest BCUT2D eigenvalue weighted by Crippen LogP contribution is 2.25. The van der Waals surface area contributed by atoms with Crippen LogP contribution in [0.25, 0.3) is 33.3 Å². The number of carbonyl (C=O) groups excluding carboxylic acids is 1. The standard InChI is InChI=1S/C24H21N5O/c1-29(2)19-8-5-16(6-9-19)24(30)26-18-7-10-20-22(14-18)28-23(27-20)17-4-3-15-11-12-25-21(15)13-17/h3-14,25H,1-2H3,(H,26,30)(H,27,28). The number of rotatable bonds is 4. The third-order valence-corrected chi connectivity index (χ3v) is 5.21. The predicted molar refractivity (Wildman–Crippen MR) is 122 cm³/mol. The molecule has 0 saturated carbocycles. The molecule has 148 valence electrons. The van der Waals surface area contributed by atoms with Gasteiger partial charge in [-0.25, -0.2) is 4.98 Å². The highest BCUT2D eigenvalue weighted by atomic mass is 16.1. The molecule has 0 radical (unpaired) electrons. The minimum atomic E-state index is -0.142. The van der Waals surface area contributed by atoms with Crippen molar-refractivity contribution in [2.24, 2.45) is 0 Å². The highest BCUT2D eigenvalue weighted by Gasteiger charge is 2.10. The summed E-state index contributed by atoms with van der Waals surface area (Å²) in [7, 11) is 3.94. The van der Waals surface area contributed by atoms with Crippen molar-refractivity contribution >= 4 is 39.2 Å². The zero-order chi connectivity index (χ0) is 20.7.